The van der Waals surface area contributed by atoms with Crippen molar-refractivity contribution in [2.24, 2.45) is 5.92 Å². The summed E-state index contributed by atoms with van der Waals surface area (Å²) in [5.74, 6) is 0.676. The van der Waals surface area contributed by atoms with E-state index in [0.717, 1.165) is 0 Å². The maximum Gasteiger partial charge on any atom is -1.00 e. The quantitative estimate of drug-likeness (QED) is 0.439. The third kappa shape index (κ3) is 4.32. The summed E-state index contributed by atoms with van der Waals surface area (Å²) in [5, 5.41) is 1.55. The van der Waals surface area contributed by atoms with E-state index in [1.165, 1.54) is 6.42 Å². The number of benzene rings is 1. The van der Waals surface area contributed by atoms with Crippen molar-refractivity contribution in [3.05, 3.63) is 54.1 Å². The minimum absolute atomic E-state index is 0. The molecular formula is C17H23Cl3SiTi. The van der Waals surface area contributed by atoms with Crippen molar-refractivity contribution in [1.82, 2.24) is 0 Å². The summed E-state index contributed by atoms with van der Waals surface area (Å²) in [4.78, 5) is 0. The Bertz CT molecular complexity index is 514. The molecule has 1 aliphatic rings. The van der Waals surface area contributed by atoms with Gasteiger partial charge in [0.2, 0.25) is 0 Å². The Hall–Kier alpha value is 0.501. The van der Waals surface area contributed by atoms with E-state index in [4.69, 9.17) is 0 Å². The average molecular weight is 410 g/mol. The molecule has 0 saturated carbocycles. The molecule has 0 nitrogen and oxygen atoms in total. The van der Waals surface area contributed by atoms with Gasteiger partial charge in [0, 0.05) is 0 Å². The van der Waals surface area contributed by atoms with E-state index in [-0.39, 0.29) is 40.6 Å². The number of hydrogen-bond acceptors (Lipinski definition) is 0. The maximum absolute atomic E-state index is 2.51. The molecule has 2 atom stereocenters. The summed E-state index contributed by atoms with van der Waals surface area (Å²) in [6, 6.07) is 11.1. The smallest absolute Gasteiger partial charge is 1.00 e. The fourth-order valence-electron chi connectivity index (χ4n) is 2.95. The monoisotopic (exact) mass is 408 g/mol. The molecule has 2 rings (SSSR count). The Labute approximate surface area is 166 Å². The van der Waals surface area contributed by atoms with Gasteiger partial charge in [0.15, 0.2) is 0 Å². The second kappa shape index (κ2) is 9.71. The number of rotatable bonds is 4. The molecule has 2 unspecified atom stereocenters. The van der Waals surface area contributed by atoms with Gasteiger partial charge in [-0.3, -0.25) is 0 Å². The first kappa shape index (κ1) is 24.7. The molecule has 0 N–H and O–H groups in total. The summed E-state index contributed by atoms with van der Waals surface area (Å²) in [5.41, 5.74) is 1.63. The summed E-state index contributed by atoms with van der Waals surface area (Å²) in [6.45, 7) is 9.68. The first-order chi connectivity index (χ1) is 8.93. The topological polar surface area (TPSA) is 0 Å². The van der Waals surface area contributed by atoms with Gasteiger partial charge in [0.25, 0.3) is 0 Å². The van der Waals surface area contributed by atoms with Gasteiger partial charge in [-0.05, 0) is 0 Å². The van der Waals surface area contributed by atoms with E-state index in [0.29, 0.717) is 5.92 Å². The molecule has 5 heteroatoms. The summed E-state index contributed by atoms with van der Waals surface area (Å²) in [6.07, 6.45) is 8.32. The largest absolute Gasteiger partial charge is 1.00 e. The van der Waals surface area contributed by atoms with Gasteiger partial charge in [-0.1, -0.05) is 0 Å². The molecule has 22 heavy (non-hydrogen) atoms. The fourth-order valence-corrected chi connectivity index (χ4v) is 7.34. The van der Waals surface area contributed by atoms with Crippen LogP contribution in [0, 0.1) is 5.92 Å². The predicted molar refractivity (Wildman–Crippen MR) is 82.9 cm³/mol. The normalized spacial score (nSPS) is 21.1. The molecule has 120 valence electrons. The minimum Gasteiger partial charge on any atom is -1.00 e. The van der Waals surface area contributed by atoms with E-state index in [2.05, 4.69) is 95.9 Å². The van der Waals surface area contributed by atoms with Crippen molar-refractivity contribution in [1.29, 1.82) is 0 Å². The molecule has 0 spiro atoms. The van der Waals surface area contributed by atoms with Gasteiger partial charge in [0.1, 0.15) is 0 Å². The van der Waals surface area contributed by atoms with Crippen LogP contribution in [0.5, 0.6) is 0 Å². The molecule has 0 fully saturated rings. The molecular weight excluding hydrogens is 386 g/mol. The molecule has 0 aromatic heterocycles. The summed E-state index contributed by atoms with van der Waals surface area (Å²) >= 11 is 2.45. The number of hydrogen-bond donors (Lipinski definition) is 0. The van der Waals surface area contributed by atoms with E-state index >= 15 is 0 Å². The third-order valence-corrected chi connectivity index (χ3v) is 12.5. The molecule has 0 saturated heterocycles. The summed E-state index contributed by atoms with van der Waals surface area (Å²) in [7, 11) is -1.57. The van der Waals surface area contributed by atoms with Crippen LogP contribution in [0.15, 0.2) is 54.1 Å². The van der Waals surface area contributed by atoms with Crippen molar-refractivity contribution in [3.63, 3.8) is 0 Å². The third-order valence-electron chi connectivity index (χ3n) is 4.70. The molecule has 1 aromatic carbocycles. The molecule has 0 amide bonds. The van der Waals surface area contributed by atoms with Crippen LogP contribution in [-0.4, -0.2) is 8.07 Å². The Morgan fingerprint density at radius 3 is 2.14 bits per heavy atom. The first-order valence-electron chi connectivity index (χ1n) is 7.14. The van der Waals surface area contributed by atoms with Crippen molar-refractivity contribution in [2.75, 3.05) is 0 Å². The zero-order valence-electron chi connectivity index (χ0n) is 13.5. The van der Waals surface area contributed by atoms with Crippen molar-refractivity contribution in [2.45, 2.75) is 36.7 Å². The molecule has 0 radical (unpaired) electrons. The van der Waals surface area contributed by atoms with Crippen LogP contribution in [0.25, 0.3) is 0 Å². The van der Waals surface area contributed by atoms with Crippen molar-refractivity contribution >= 4 is 13.3 Å². The van der Waals surface area contributed by atoms with Crippen molar-refractivity contribution in [3.8, 4) is 0 Å². The molecule has 1 aromatic rings. The van der Waals surface area contributed by atoms with Gasteiger partial charge in [-0.25, -0.2) is 0 Å². The van der Waals surface area contributed by atoms with E-state index in [1.807, 2.05) is 0 Å². The minimum atomic E-state index is -1.57. The Morgan fingerprint density at radius 2 is 1.64 bits per heavy atom. The van der Waals surface area contributed by atoms with Crippen LogP contribution in [0.1, 0.15) is 20.3 Å². The second-order valence-electron chi connectivity index (χ2n) is 6.09. The van der Waals surface area contributed by atoms with Crippen LogP contribution in [0.3, 0.4) is 0 Å². The van der Waals surface area contributed by atoms with Gasteiger partial charge < -0.3 is 37.2 Å². The Morgan fingerprint density at radius 1 is 1.09 bits per heavy atom. The van der Waals surface area contributed by atoms with Gasteiger partial charge >= 0.3 is 130 Å². The van der Waals surface area contributed by atoms with E-state index < -0.39 is 8.07 Å². The standard InChI is InChI=1S/C17H23Si.3ClH.Ti/c1-5-14(2)16-12-9-13-17(16)18(3,4)15-10-7-6-8-11-15;;;;/h6-14H,5H2,1-4H3;3*1H;/q;;;;+3/p-3. The Balaban J connectivity index is 0. The second-order valence-corrected chi connectivity index (χ2v) is 12.7. The number of halogens is 3. The average Bonchev–Trinajstić information content (AvgIpc) is 2.83. The first-order valence-corrected chi connectivity index (χ1v) is 10.9. The zero-order chi connectivity index (χ0) is 14.1. The zero-order valence-corrected chi connectivity index (χ0v) is 18.4. The molecule has 1 aliphatic carbocycles. The van der Waals surface area contributed by atoms with Crippen LogP contribution in [0.4, 0.5) is 0 Å². The maximum atomic E-state index is 2.51. The fraction of sp³-hybridized carbons (Fsp3) is 0.412. The van der Waals surface area contributed by atoms with Crippen LogP contribution in [0.2, 0.25) is 16.4 Å². The SMILES string of the molecule is CCC(C)C1=CC=C[C]1([Ti+3])[Si](C)(C)c1ccccc1.[Cl-].[Cl-].[Cl-]. The predicted octanol–water partition coefficient (Wildman–Crippen LogP) is -4.60. The van der Waals surface area contributed by atoms with Gasteiger partial charge in [-0.2, -0.15) is 0 Å². The van der Waals surface area contributed by atoms with Crippen molar-refractivity contribution < 1.29 is 57.7 Å². The molecule has 0 bridgehead atoms. The van der Waals surface area contributed by atoms with Gasteiger partial charge in [-0.15, -0.1) is 0 Å². The Kier molecular flexibility index (Phi) is 10.9. The summed E-state index contributed by atoms with van der Waals surface area (Å²) < 4.78 is 0.254. The van der Waals surface area contributed by atoms with E-state index in [1.54, 1.807) is 10.8 Å². The van der Waals surface area contributed by atoms with Crippen LogP contribution in [-0.2, 0) is 20.4 Å². The molecule has 0 heterocycles. The van der Waals surface area contributed by atoms with E-state index in [9.17, 15) is 0 Å². The van der Waals surface area contributed by atoms with Gasteiger partial charge in [0.05, 0.1) is 0 Å². The number of allylic oxidation sites excluding steroid dienone is 4. The van der Waals surface area contributed by atoms with Crippen LogP contribution < -0.4 is 42.4 Å². The molecule has 0 aliphatic heterocycles. The van der Waals surface area contributed by atoms with Crippen LogP contribution >= 0.6 is 0 Å².